The minimum absolute atomic E-state index is 0.0747. The number of hydrogen-bond acceptors (Lipinski definition) is 14. The molecule has 4 aliphatic carbocycles. The number of para-hydroxylation sites is 1. The van der Waals surface area contributed by atoms with Crippen molar-refractivity contribution in [2.75, 3.05) is 76.0 Å². The molecule has 2 unspecified atom stereocenters. The number of pyridine rings is 1. The number of thiazole rings is 1. The summed E-state index contributed by atoms with van der Waals surface area (Å²) in [5.74, 6) is 1.86. The van der Waals surface area contributed by atoms with Gasteiger partial charge in [0.05, 0.1) is 55.0 Å². The Morgan fingerprint density at radius 2 is 1.60 bits per heavy atom. The normalized spacial score (nSPS) is 25.3. The third-order valence-corrected chi connectivity index (χ3v) is 16.3. The van der Waals surface area contributed by atoms with Crippen molar-refractivity contribution < 1.29 is 23.8 Å². The van der Waals surface area contributed by atoms with Gasteiger partial charge < -0.3 is 34.6 Å². The highest BCUT2D eigenvalue weighted by Crippen LogP contribution is 2.72. The number of likely N-dealkylation sites (tertiary alicyclic amines) is 1. The molecule has 5 fully saturated rings. The Bertz CT molecular complexity index is 2610. The summed E-state index contributed by atoms with van der Waals surface area (Å²) in [6.45, 7) is 18.2. The minimum Gasteiger partial charge on any atom is -0.379 e. The smallest absolute Gasteiger partial charge is 0.270 e. The van der Waals surface area contributed by atoms with E-state index in [4.69, 9.17) is 34.4 Å². The third-order valence-electron chi connectivity index (χ3n) is 15.3. The number of carbonyl (C=O) groups is 2. The van der Waals surface area contributed by atoms with E-state index in [0.717, 1.165) is 101 Å². The average molecular weight is 945 g/mol. The van der Waals surface area contributed by atoms with Crippen molar-refractivity contribution >= 4 is 55.8 Å². The molecule has 2 N–H and O–H groups in total. The number of carbonyl (C=O) groups excluding carboxylic acids is 2. The molecule has 11 rings (SSSR count). The molecule has 4 bridgehead atoms. The van der Waals surface area contributed by atoms with E-state index in [-0.39, 0.29) is 33.5 Å². The van der Waals surface area contributed by atoms with Gasteiger partial charge in [-0.1, -0.05) is 37.3 Å². The first-order chi connectivity index (χ1) is 32.8. The molecule has 1 amide bonds. The monoisotopic (exact) mass is 945 g/mol. The van der Waals surface area contributed by atoms with Crippen molar-refractivity contribution in [3.63, 3.8) is 0 Å². The average Bonchev–Trinajstić information content (AvgIpc) is 4.05. The molecule has 1 aromatic carbocycles. The molecule has 16 heteroatoms. The Hall–Kier alpha value is -4.87. The number of aromatic nitrogens is 6. The lowest BCUT2D eigenvalue weighted by molar-refractivity contribution is -0.248. The molecule has 362 valence electrons. The number of amides is 1. The molecule has 15 nitrogen and oxygen atoms in total. The maximum atomic E-state index is 14.4. The number of fused-ring (bicyclic) bond motifs is 2. The Balaban J connectivity index is 0.903. The van der Waals surface area contributed by atoms with E-state index in [1.165, 1.54) is 45.2 Å². The number of rotatable bonds is 20. The quantitative estimate of drug-likeness (QED) is 0.0714. The van der Waals surface area contributed by atoms with Crippen LogP contribution in [0.4, 0.5) is 22.6 Å². The van der Waals surface area contributed by atoms with Crippen molar-refractivity contribution in [3.05, 3.63) is 65.1 Å². The number of ether oxygens (including phenoxy) is 3. The van der Waals surface area contributed by atoms with Crippen LogP contribution in [0.5, 0.6) is 0 Å². The molecule has 4 aromatic heterocycles. The van der Waals surface area contributed by atoms with Crippen molar-refractivity contribution in [3.8, 4) is 11.1 Å². The van der Waals surface area contributed by atoms with Crippen LogP contribution < -0.4 is 15.5 Å². The summed E-state index contributed by atoms with van der Waals surface area (Å²) < 4.78 is 21.7. The maximum absolute atomic E-state index is 14.4. The number of hydrogen-bond donors (Lipinski definition) is 2. The van der Waals surface area contributed by atoms with Crippen LogP contribution in [-0.4, -0.2) is 118 Å². The molecule has 1 saturated heterocycles. The van der Waals surface area contributed by atoms with Gasteiger partial charge in [-0.15, -0.1) is 10.2 Å². The molecule has 0 radical (unpaired) electrons. The Kier molecular flexibility index (Phi) is 13.2. The van der Waals surface area contributed by atoms with E-state index in [0.29, 0.717) is 63.3 Å². The summed E-state index contributed by atoms with van der Waals surface area (Å²) in [7, 11) is 0. The number of anilines is 4. The summed E-state index contributed by atoms with van der Waals surface area (Å²) >= 11 is 1.59. The van der Waals surface area contributed by atoms with Crippen LogP contribution in [0.1, 0.15) is 112 Å². The molecule has 6 aliphatic rings. The number of ketones is 1. The standard InChI is InChI=1S/C52H68N10O5S/c1-35(63)16-22-65-25-26-66-23-17-53-47(64)44-39(14-15-43(56-44)61-20-10-11-38-36(2)45(58-59-46(38)61)57-48-55-41-12-6-7-13-42(41)68-48)40-27-54-62(37(40)3)34-51-29-49(4)28-50(5,30-51)32-52(31-49,33-51)67-24-21-60-18-8-9-19-60/h6-7,12-15,27H,8-11,16-26,28-34H2,1-5H3,(H,53,64)(H,55,57,58). The van der Waals surface area contributed by atoms with Crippen LogP contribution in [0, 0.1) is 30.1 Å². The van der Waals surface area contributed by atoms with Crippen LogP contribution >= 0.6 is 11.3 Å². The molecular formula is C52H68N10O5S. The molecule has 2 atom stereocenters. The van der Waals surface area contributed by atoms with Crippen LogP contribution in [0.25, 0.3) is 21.3 Å². The zero-order chi connectivity index (χ0) is 47.1. The van der Waals surface area contributed by atoms with Gasteiger partial charge in [0.1, 0.15) is 17.3 Å². The van der Waals surface area contributed by atoms with Crippen LogP contribution in [0.2, 0.25) is 0 Å². The second kappa shape index (κ2) is 19.1. The summed E-state index contributed by atoms with van der Waals surface area (Å²) in [6.07, 6.45) is 13.6. The SMILES string of the molecule is CC(=O)CCOCCOCCNC(=O)c1nc(N2CCCc3c2nnc(Nc2nc4ccccc4s2)c3C)ccc1-c1cnn(CC23CC4(C)CC(C)(C2)CC(OCCN2CCCC2)(C4)C3)c1C. The molecule has 2 aliphatic heterocycles. The zero-order valence-electron chi connectivity index (χ0n) is 40.6. The van der Waals surface area contributed by atoms with Gasteiger partial charge in [0.2, 0.25) is 0 Å². The van der Waals surface area contributed by atoms with Gasteiger partial charge in [-0.2, -0.15) is 5.10 Å². The lowest BCUT2D eigenvalue weighted by Gasteiger charge is -2.69. The fourth-order valence-electron chi connectivity index (χ4n) is 13.5. The van der Waals surface area contributed by atoms with E-state index < -0.39 is 0 Å². The Morgan fingerprint density at radius 1 is 0.824 bits per heavy atom. The van der Waals surface area contributed by atoms with E-state index in [1.807, 2.05) is 36.5 Å². The third kappa shape index (κ3) is 9.81. The van der Waals surface area contributed by atoms with Gasteiger partial charge in [0.25, 0.3) is 5.91 Å². The molecule has 4 saturated carbocycles. The van der Waals surface area contributed by atoms with E-state index in [9.17, 15) is 9.59 Å². The zero-order valence-corrected chi connectivity index (χ0v) is 41.4. The number of nitrogens with zero attached hydrogens (tertiary/aromatic N) is 8. The van der Waals surface area contributed by atoms with Gasteiger partial charge in [0, 0.05) is 60.5 Å². The largest absolute Gasteiger partial charge is 0.379 e. The predicted molar refractivity (Wildman–Crippen MR) is 265 cm³/mol. The van der Waals surface area contributed by atoms with Gasteiger partial charge in [-0.05, 0) is 139 Å². The van der Waals surface area contributed by atoms with E-state index >= 15 is 0 Å². The Morgan fingerprint density at radius 3 is 2.38 bits per heavy atom. The van der Waals surface area contributed by atoms with Crippen molar-refractivity contribution in [2.45, 2.75) is 117 Å². The molecule has 68 heavy (non-hydrogen) atoms. The molecule has 5 aromatic rings. The van der Waals surface area contributed by atoms with Gasteiger partial charge in [-0.25, -0.2) is 9.97 Å². The predicted octanol–water partition coefficient (Wildman–Crippen LogP) is 8.76. The fraction of sp³-hybridized carbons (Fsp3) is 0.596. The first-order valence-corrected chi connectivity index (χ1v) is 25.7. The number of Topliss-reactive ketones (excluding diaryl/α,β-unsaturated/α-hetero) is 1. The van der Waals surface area contributed by atoms with Crippen LogP contribution in [-0.2, 0) is 32.0 Å². The summed E-state index contributed by atoms with van der Waals surface area (Å²) in [4.78, 5) is 40.2. The van der Waals surface area contributed by atoms with E-state index in [1.54, 1.807) is 18.3 Å². The highest BCUT2D eigenvalue weighted by Gasteiger charge is 2.66. The molecule has 6 heterocycles. The fourth-order valence-corrected chi connectivity index (χ4v) is 14.4. The van der Waals surface area contributed by atoms with Crippen molar-refractivity contribution in [1.82, 2.24) is 40.2 Å². The van der Waals surface area contributed by atoms with Crippen molar-refractivity contribution in [2.24, 2.45) is 16.2 Å². The second-order valence-electron chi connectivity index (χ2n) is 21.4. The lowest BCUT2D eigenvalue weighted by atomic mass is 9.39. The van der Waals surface area contributed by atoms with Crippen LogP contribution in [0.15, 0.2) is 42.6 Å². The second-order valence-corrected chi connectivity index (χ2v) is 22.4. The highest BCUT2D eigenvalue weighted by molar-refractivity contribution is 7.22. The van der Waals surface area contributed by atoms with E-state index in [2.05, 4.69) is 64.0 Å². The highest BCUT2D eigenvalue weighted by atomic mass is 32.1. The number of nitrogens with one attached hydrogen (secondary N) is 2. The first kappa shape index (κ1) is 46.8. The maximum Gasteiger partial charge on any atom is 0.270 e. The van der Waals surface area contributed by atoms with Gasteiger partial charge >= 0.3 is 0 Å². The summed E-state index contributed by atoms with van der Waals surface area (Å²) in [6, 6.07) is 12.1. The topological polar surface area (TPSA) is 162 Å². The minimum atomic E-state index is -0.292. The number of benzene rings is 1. The summed E-state index contributed by atoms with van der Waals surface area (Å²) in [5.41, 5.74) is 6.49. The Labute approximate surface area is 404 Å². The molecule has 0 spiro atoms. The van der Waals surface area contributed by atoms with Crippen molar-refractivity contribution in [1.29, 1.82) is 0 Å². The van der Waals surface area contributed by atoms with Crippen LogP contribution in [0.3, 0.4) is 0 Å². The summed E-state index contributed by atoms with van der Waals surface area (Å²) in [5, 5.41) is 21.9. The molecular weight excluding hydrogens is 877 g/mol. The van der Waals surface area contributed by atoms with Gasteiger partial charge in [0.15, 0.2) is 16.8 Å². The van der Waals surface area contributed by atoms with Gasteiger partial charge in [-0.3, -0.25) is 14.3 Å². The first-order valence-electron chi connectivity index (χ1n) is 24.9. The lowest BCUT2D eigenvalue weighted by Crippen LogP contribution is -2.64.